The molecule has 0 radical (unpaired) electrons. The molecule has 2 heteroatoms. The first-order chi connectivity index (χ1) is 9.91. The predicted octanol–water partition coefficient (Wildman–Crippen LogP) is 4.90. The van der Waals surface area contributed by atoms with Crippen LogP contribution in [0.5, 0.6) is 0 Å². The predicted molar refractivity (Wildman–Crippen MR) is 87.9 cm³/mol. The van der Waals surface area contributed by atoms with Crippen LogP contribution in [-0.4, -0.2) is 6.54 Å². The fourth-order valence-electron chi connectivity index (χ4n) is 2.31. The highest BCUT2D eigenvalue weighted by Crippen LogP contribution is 2.27. The van der Waals surface area contributed by atoms with Gasteiger partial charge in [0.05, 0.1) is 0 Å². The smallest absolute Gasteiger partial charge is 0.127 e. The van der Waals surface area contributed by atoms with Crippen LogP contribution in [0.25, 0.3) is 11.1 Å². The van der Waals surface area contributed by atoms with Crippen LogP contribution < -0.4 is 5.32 Å². The number of benzene rings is 2. The Hall–Kier alpha value is -1.67. The molecule has 0 aromatic heterocycles. The fraction of sp³-hybridized carbons (Fsp3) is 0.368. The molecule has 0 aliphatic carbocycles. The molecule has 0 amide bonds. The Kier molecular flexibility index (Phi) is 4.79. The zero-order valence-electron chi connectivity index (χ0n) is 13.3. The minimum atomic E-state index is -0.147. The van der Waals surface area contributed by atoms with Crippen molar-refractivity contribution in [2.24, 2.45) is 0 Å². The first-order valence-electron chi connectivity index (χ1n) is 7.52. The number of rotatable bonds is 4. The summed E-state index contributed by atoms with van der Waals surface area (Å²) in [4.78, 5) is 0. The zero-order chi connectivity index (χ0) is 15.5. The minimum absolute atomic E-state index is 0.147. The molecule has 21 heavy (non-hydrogen) atoms. The summed E-state index contributed by atoms with van der Waals surface area (Å²) in [6.45, 7) is 10.0. The van der Waals surface area contributed by atoms with Gasteiger partial charge in [-0.1, -0.05) is 58.0 Å². The lowest BCUT2D eigenvalue weighted by Gasteiger charge is -2.19. The molecular formula is C19H24FN. The lowest BCUT2D eigenvalue weighted by Crippen LogP contribution is -2.13. The molecule has 0 aliphatic rings. The molecule has 0 saturated heterocycles. The van der Waals surface area contributed by atoms with E-state index in [1.807, 2.05) is 19.1 Å². The number of halogens is 1. The highest BCUT2D eigenvalue weighted by Gasteiger charge is 2.13. The van der Waals surface area contributed by atoms with Crippen LogP contribution in [0.15, 0.2) is 42.5 Å². The normalized spacial score (nSPS) is 11.7. The van der Waals surface area contributed by atoms with E-state index in [0.717, 1.165) is 17.7 Å². The average molecular weight is 285 g/mol. The Morgan fingerprint density at radius 3 is 2.14 bits per heavy atom. The van der Waals surface area contributed by atoms with E-state index >= 15 is 0 Å². The van der Waals surface area contributed by atoms with Crippen molar-refractivity contribution in [3.8, 4) is 11.1 Å². The third-order valence-electron chi connectivity index (χ3n) is 3.70. The summed E-state index contributed by atoms with van der Waals surface area (Å²) in [6.07, 6.45) is 0. The lowest BCUT2D eigenvalue weighted by molar-refractivity contribution is 0.590. The summed E-state index contributed by atoms with van der Waals surface area (Å²) in [5, 5.41) is 3.17. The van der Waals surface area contributed by atoms with Crippen molar-refractivity contribution in [2.45, 2.75) is 39.7 Å². The van der Waals surface area contributed by atoms with E-state index in [0.29, 0.717) is 12.1 Å². The first kappa shape index (κ1) is 15.7. The van der Waals surface area contributed by atoms with Gasteiger partial charge < -0.3 is 5.32 Å². The topological polar surface area (TPSA) is 12.0 Å². The van der Waals surface area contributed by atoms with Gasteiger partial charge in [0.1, 0.15) is 5.82 Å². The Bertz CT molecular complexity index is 594. The van der Waals surface area contributed by atoms with Gasteiger partial charge in [-0.25, -0.2) is 4.39 Å². The molecule has 1 N–H and O–H groups in total. The SMILES string of the molecule is CCNCc1cc(-c2ccc(C(C)(C)C)cc2)ccc1F. The van der Waals surface area contributed by atoms with Crippen molar-refractivity contribution in [3.63, 3.8) is 0 Å². The van der Waals surface area contributed by atoms with Crippen LogP contribution in [0, 0.1) is 5.82 Å². The molecule has 112 valence electrons. The summed E-state index contributed by atoms with van der Waals surface area (Å²) in [5.41, 5.74) is 4.36. The third kappa shape index (κ3) is 3.92. The molecule has 0 unspecified atom stereocenters. The van der Waals surface area contributed by atoms with Gasteiger partial charge in [0.2, 0.25) is 0 Å². The summed E-state index contributed by atoms with van der Waals surface area (Å²) >= 11 is 0. The highest BCUT2D eigenvalue weighted by atomic mass is 19.1. The van der Waals surface area contributed by atoms with Gasteiger partial charge in [0.25, 0.3) is 0 Å². The maximum absolute atomic E-state index is 13.8. The second-order valence-electron chi connectivity index (χ2n) is 6.41. The molecule has 2 aromatic carbocycles. The van der Waals surface area contributed by atoms with Crippen molar-refractivity contribution >= 4 is 0 Å². The Morgan fingerprint density at radius 2 is 1.57 bits per heavy atom. The van der Waals surface area contributed by atoms with E-state index in [-0.39, 0.29) is 11.2 Å². The van der Waals surface area contributed by atoms with Crippen LogP contribution in [0.4, 0.5) is 4.39 Å². The van der Waals surface area contributed by atoms with Gasteiger partial charge >= 0.3 is 0 Å². The van der Waals surface area contributed by atoms with Crippen molar-refractivity contribution in [1.82, 2.24) is 5.32 Å². The molecule has 1 nitrogen and oxygen atoms in total. The van der Waals surface area contributed by atoms with Crippen molar-refractivity contribution in [2.75, 3.05) is 6.54 Å². The second-order valence-corrected chi connectivity index (χ2v) is 6.41. The van der Waals surface area contributed by atoms with E-state index in [2.05, 4.69) is 50.4 Å². The molecule has 0 aliphatic heterocycles. The Morgan fingerprint density at radius 1 is 0.952 bits per heavy atom. The van der Waals surface area contributed by atoms with Crippen LogP contribution in [0.1, 0.15) is 38.8 Å². The minimum Gasteiger partial charge on any atom is -0.313 e. The van der Waals surface area contributed by atoms with Gasteiger partial charge in [-0.05, 0) is 40.8 Å². The van der Waals surface area contributed by atoms with Crippen molar-refractivity contribution < 1.29 is 4.39 Å². The molecule has 2 rings (SSSR count). The molecular weight excluding hydrogens is 261 g/mol. The summed E-state index contributed by atoms with van der Waals surface area (Å²) < 4.78 is 13.8. The summed E-state index contributed by atoms with van der Waals surface area (Å²) in [7, 11) is 0. The molecule has 0 spiro atoms. The fourth-order valence-corrected chi connectivity index (χ4v) is 2.31. The van der Waals surface area contributed by atoms with Gasteiger partial charge in [0, 0.05) is 12.1 Å². The van der Waals surface area contributed by atoms with Crippen LogP contribution in [-0.2, 0) is 12.0 Å². The van der Waals surface area contributed by atoms with Gasteiger partial charge in [-0.2, -0.15) is 0 Å². The van der Waals surface area contributed by atoms with E-state index in [1.54, 1.807) is 6.07 Å². The largest absolute Gasteiger partial charge is 0.313 e. The molecule has 0 fully saturated rings. The summed E-state index contributed by atoms with van der Waals surface area (Å²) in [6, 6.07) is 13.9. The highest BCUT2D eigenvalue weighted by molar-refractivity contribution is 5.64. The van der Waals surface area contributed by atoms with Gasteiger partial charge in [-0.3, -0.25) is 0 Å². The number of hydrogen-bond acceptors (Lipinski definition) is 1. The van der Waals surface area contributed by atoms with E-state index in [1.165, 1.54) is 5.56 Å². The Labute approximate surface area is 127 Å². The van der Waals surface area contributed by atoms with Crippen LogP contribution in [0.2, 0.25) is 0 Å². The molecule has 0 bridgehead atoms. The van der Waals surface area contributed by atoms with Crippen molar-refractivity contribution in [1.29, 1.82) is 0 Å². The van der Waals surface area contributed by atoms with E-state index in [4.69, 9.17) is 0 Å². The molecule has 0 atom stereocenters. The Balaban J connectivity index is 2.29. The maximum atomic E-state index is 13.8. The van der Waals surface area contributed by atoms with Gasteiger partial charge in [-0.15, -0.1) is 0 Å². The zero-order valence-corrected chi connectivity index (χ0v) is 13.3. The second kappa shape index (κ2) is 6.40. The van der Waals surface area contributed by atoms with Crippen molar-refractivity contribution in [3.05, 3.63) is 59.4 Å². The third-order valence-corrected chi connectivity index (χ3v) is 3.70. The quantitative estimate of drug-likeness (QED) is 0.842. The maximum Gasteiger partial charge on any atom is 0.127 e. The summed E-state index contributed by atoms with van der Waals surface area (Å²) in [5.74, 6) is -0.147. The average Bonchev–Trinajstić information content (AvgIpc) is 2.46. The van der Waals surface area contributed by atoms with E-state index < -0.39 is 0 Å². The number of hydrogen-bond donors (Lipinski definition) is 1. The first-order valence-corrected chi connectivity index (χ1v) is 7.52. The van der Waals surface area contributed by atoms with E-state index in [9.17, 15) is 4.39 Å². The lowest BCUT2D eigenvalue weighted by atomic mass is 9.86. The monoisotopic (exact) mass is 285 g/mol. The molecule has 0 saturated carbocycles. The van der Waals surface area contributed by atoms with Gasteiger partial charge in [0.15, 0.2) is 0 Å². The number of nitrogens with one attached hydrogen (secondary N) is 1. The van der Waals surface area contributed by atoms with Crippen LogP contribution in [0.3, 0.4) is 0 Å². The van der Waals surface area contributed by atoms with Crippen LogP contribution >= 0.6 is 0 Å². The molecule has 0 heterocycles. The molecule has 2 aromatic rings. The standard InChI is InChI=1S/C19H24FN/c1-5-21-13-16-12-15(8-11-18(16)20)14-6-9-17(10-7-14)19(2,3)4/h6-12,21H,5,13H2,1-4H3.